The van der Waals surface area contributed by atoms with E-state index in [1.54, 1.807) is 0 Å². The lowest BCUT2D eigenvalue weighted by molar-refractivity contribution is 0.250. The summed E-state index contributed by atoms with van der Waals surface area (Å²) in [6.45, 7) is 6.66. The van der Waals surface area contributed by atoms with Gasteiger partial charge >= 0.3 is 0 Å². The summed E-state index contributed by atoms with van der Waals surface area (Å²) < 4.78 is 0. The molecule has 1 atom stereocenters. The molecule has 30 heavy (non-hydrogen) atoms. The number of aliphatic imine (C=N–C) groups is 1. The summed E-state index contributed by atoms with van der Waals surface area (Å²) in [4.78, 5) is 13.2. The van der Waals surface area contributed by atoms with Gasteiger partial charge in [0.1, 0.15) is 6.67 Å². The minimum Gasteiger partial charge on any atom is -0.360 e. The highest BCUT2D eigenvalue weighted by Gasteiger charge is 2.28. The number of fused-ring (bicyclic) bond motifs is 1. The van der Waals surface area contributed by atoms with Gasteiger partial charge in [0, 0.05) is 48.0 Å². The van der Waals surface area contributed by atoms with Crippen LogP contribution in [0.15, 0.2) is 46.7 Å². The molecule has 2 fully saturated rings. The number of nitrogens with one attached hydrogen (secondary N) is 2. The van der Waals surface area contributed by atoms with Crippen LogP contribution in [0.25, 0.3) is 10.9 Å². The van der Waals surface area contributed by atoms with Crippen LogP contribution in [0.1, 0.15) is 37.7 Å². The number of likely N-dealkylation sites (tertiary alicyclic amines) is 1. The van der Waals surface area contributed by atoms with Crippen LogP contribution >= 0.6 is 11.6 Å². The van der Waals surface area contributed by atoms with Crippen molar-refractivity contribution in [2.75, 3.05) is 39.4 Å². The van der Waals surface area contributed by atoms with Crippen molar-refractivity contribution < 1.29 is 0 Å². The normalized spacial score (nSPS) is 23.8. The Bertz CT molecular complexity index is 927. The molecule has 1 aromatic heterocycles. The van der Waals surface area contributed by atoms with Crippen molar-refractivity contribution in [1.29, 1.82) is 0 Å². The fraction of sp³-hybridized carbons (Fsp3) is 0.542. The first kappa shape index (κ1) is 20.1. The maximum Gasteiger partial charge on any atom is 0.110 e. The Hall–Kier alpha value is -1.82. The Morgan fingerprint density at radius 2 is 2.00 bits per heavy atom. The molecule has 0 saturated carbocycles. The lowest BCUT2D eigenvalue weighted by Gasteiger charge is -2.30. The van der Waals surface area contributed by atoms with Gasteiger partial charge in [0.2, 0.25) is 0 Å². The van der Waals surface area contributed by atoms with E-state index in [0.717, 1.165) is 34.3 Å². The molecule has 0 bridgehead atoms. The van der Waals surface area contributed by atoms with E-state index in [0.29, 0.717) is 12.7 Å². The number of nitrogens with zero attached hydrogens (tertiary/aromatic N) is 3. The number of para-hydroxylation sites is 1. The van der Waals surface area contributed by atoms with Gasteiger partial charge in [-0.15, -0.1) is 0 Å². The maximum atomic E-state index is 6.71. The third-order valence-electron chi connectivity index (χ3n) is 7.00. The predicted molar refractivity (Wildman–Crippen MR) is 125 cm³/mol. The zero-order valence-electron chi connectivity index (χ0n) is 17.6. The minimum atomic E-state index is 0.519. The molecule has 0 unspecified atom stereocenters. The Labute approximate surface area is 184 Å². The molecule has 0 aliphatic carbocycles. The number of benzene rings is 1. The van der Waals surface area contributed by atoms with Crippen molar-refractivity contribution in [2.45, 2.75) is 38.1 Å². The van der Waals surface area contributed by atoms with Crippen molar-refractivity contribution in [3.63, 3.8) is 0 Å². The molecule has 5 rings (SSSR count). The van der Waals surface area contributed by atoms with Gasteiger partial charge in [-0.3, -0.25) is 4.99 Å². The number of halogens is 1. The Morgan fingerprint density at radius 3 is 2.87 bits per heavy atom. The van der Waals surface area contributed by atoms with Crippen molar-refractivity contribution in [3.05, 3.63) is 47.3 Å². The van der Waals surface area contributed by atoms with E-state index in [2.05, 4.69) is 44.5 Å². The van der Waals surface area contributed by atoms with Crippen LogP contribution in [0.4, 0.5) is 0 Å². The number of piperidine rings is 1. The molecule has 2 N–H and O–H groups in total. The molecule has 2 aromatic rings. The molecule has 2 saturated heterocycles. The summed E-state index contributed by atoms with van der Waals surface area (Å²) in [6, 6.07) is 8.84. The second kappa shape index (κ2) is 9.13. The van der Waals surface area contributed by atoms with Crippen LogP contribution < -0.4 is 5.32 Å². The summed E-state index contributed by atoms with van der Waals surface area (Å²) in [5.41, 5.74) is 3.12. The highest BCUT2D eigenvalue weighted by Crippen LogP contribution is 2.27. The number of hydrogen-bond donors (Lipinski definition) is 2. The van der Waals surface area contributed by atoms with E-state index in [1.807, 2.05) is 12.3 Å². The average Bonchev–Trinajstić information content (AvgIpc) is 3.42. The highest BCUT2D eigenvalue weighted by atomic mass is 35.5. The molecule has 0 amide bonds. The average molecular weight is 426 g/mol. The Kier molecular flexibility index (Phi) is 6.12. The Morgan fingerprint density at radius 1 is 1.13 bits per heavy atom. The third kappa shape index (κ3) is 4.29. The SMILES string of the molecule is ClC1=CN([C@@H]2CCN(CCCC3CCNCC3)C2)CN=C1c1c[nH]c2ccccc12. The molecule has 3 aliphatic rings. The summed E-state index contributed by atoms with van der Waals surface area (Å²) >= 11 is 6.71. The van der Waals surface area contributed by atoms with Crippen molar-refractivity contribution in [1.82, 2.24) is 20.1 Å². The van der Waals surface area contributed by atoms with Gasteiger partial charge < -0.3 is 20.1 Å². The minimum absolute atomic E-state index is 0.519. The topological polar surface area (TPSA) is 46.7 Å². The molecule has 0 spiro atoms. The lowest BCUT2D eigenvalue weighted by atomic mass is 9.93. The molecule has 3 aliphatic heterocycles. The van der Waals surface area contributed by atoms with Gasteiger partial charge in [-0.2, -0.15) is 0 Å². The van der Waals surface area contributed by atoms with Gasteiger partial charge in [0.25, 0.3) is 0 Å². The molecular weight excluding hydrogens is 394 g/mol. The number of hydrogen-bond acceptors (Lipinski definition) is 4. The molecule has 1 aromatic carbocycles. The molecule has 5 nitrogen and oxygen atoms in total. The third-order valence-corrected chi connectivity index (χ3v) is 7.28. The van der Waals surface area contributed by atoms with Crippen LogP contribution in [0.3, 0.4) is 0 Å². The van der Waals surface area contributed by atoms with E-state index in [9.17, 15) is 0 Å². The second-order valence-corrected chi connectivity index (χ2v) is 9.37. The fourth-order valence-electron chi connectivity index (χ4n) is 5.24. The van der Waals surface area contributed by atoms with Gasteiger partial charge in [0.15, 0.2) is 0 Å². The quantitative estimate of drug-likeness (QED) is 0.730. The van der Waals surface area contributed by atoms with Crippen LogP contribution in [0, 0.1) is 5.92 Å². The first-order valence-electron chi connectivity index (χ1n) is 11.5. The Balaban J connectivity index is 1.15. The lowest BCUT2D eigenvalue weighted by Crippen LogP contribution is -2.36. The first-order chi connectivity index (χ1) is 14.8. The standard InChI is InChI=1S/C24H32ClN5/c25-22-16-30(17-28-24(22)21-14-27-23-6-2-1-5-20(21)23)19-9-13-29(15-19)12-3-4-18-7-10-26-11-8-18/h1-2,5-6,14,16,18-19,26-27H,3-4,7-13,15,17H2/t19-/m1/s1. The number of H-pyrrole nitrogens is 1. The smallest absolute Gasteiger partial charge is 0.110 e. The van der Waals surface area contributed by atoms with E-state index in [-0.39, 0.29) is 0 Å². The molecule has 0 radical (unpaired) electrons. The van der Waals surface area contributed by atoms with Gasteiger partial charge in [-0.1, -0.05) is 29.8 Å². The van der Waals surface area contributed by atoms with Gasteiger partial charge in [-0.05, 0) is 63.7 Å². The zero-order chi connectivity index (χ0) is 20.3. The molecule has 160 valence electrons. The number of allylic oxidation sites excluding steroid dienone is 1. The fourth-order valence-corrected chi connectivity index (χ4v) is 5.52. The highest BCUT2D eigenvalue weighted by molar-refractivity contribution is 6.47. The molecular formula is C24H32ClN5. The van der Waals surface area contributed by atoms with Gasteiger partial charge in [-0.25, -0.2) is 0 Å². The van der Waals surface area contributed by atoms with Crippen LogP contribution in [0.2, 0.25) is 0 Å². The largest absolute Gasteiger partial charge is 0.360 e. The van der Waals surface area contributed by atoms with Crippen molar-refractivity contribution in [3.8, 4) is 0 Å². The van der Waals surface area contributed by atoms with Crippen LogP contribution in [0.5, 0.6) is 0 Å². The summed E-state index contributed by atoms with van der Waals surface area (Å²) in [7, 11) is 0. The first-order valence-corrected chi connectivity index (χ1v) is 11.8. The number of rotatable bonds is 6. The molecule has 4 heterocycles. The van der Waals surface area contributed by atoms with Crippen molar-refractivity contribution >= 4 is 28.2 Å². The monoisotopic (exact) mass is 425 g/mol. The number of aromatic amines is 1. The van der Waals surface area contributed by atoms with E-state index >= 15 is 0 Å². The van der Waals surface area contributed by atoms with Gasteiger partial charge in [0.05, 0.1) is 10.7 Å². The maximum absolute atomic E-state index is 6.71. The summed E-state index contributed by atoms with van der Waals surface area (Å²) in [5, 5.41) is 5.39. The van der Waals surface area contributed by atoms with E-state index in [4.69, 9.17) is 16.6 Å². The van der Waals surface area contributed by atoms with Crippen LogP contribution in [-0.2, 0) is 0 Å². The zero-order valence-corrected chi connectivity index (χ0v) is 18.4. The van der Waals surface area contributed by atoms with Crippen molar-refractivity contribution in [2.24, 2.45) is 10.9 Å². The summed E-state index contributed by atoms with van der Waals surface area (Å²) in [6.07, 6.45) is 10.8. The number of aromatic nitrogens is 1. The van der Waals surface area contributed by atoms with E-state index in [1.165, 1.54) is 63.7 Å². The summed E-state index contributed by atoms with van der Waals surface area (Å²) in [5.74, 6) is 0.936. The van der Waals surface area contributed by atoms with Crippen LogP contribution in [-0.4, -0.2) is 65.9 Å². The molecule has 6 heteroatoms. The van der Waals surface area contributed by atoms with E-state index < -0.39 is 0 Å². The second-order valence-electron chi connectivity index (χ2n) is 8.97. The predicted octanol–water partition coefficient (Wildman–Crippen LogP) is 4.16.